The highest BCUT2D eigenvalue weighted by molar-refractivity contribution is 5.92. The van der Waals surface area contributed by atoms with Gasteiger partial charge in [-0.1, -0.05) is 0 Å². The molecule has 0 radical (unpaired) electrons. The molecule has 2 aromatic rings. The predicted molar refractivity (Wildman–Crippen MR) is 85.9 cm³/mol. The van der Waals surface area contributed by atoms with Crippen molar-refractivity contribution in [2.24, 2.45) is 0 Å². The molecular weight excluding hydrogens is 295 g/mol. The lowest BCUT2D eigenvalue weighted by atomic mass is 10.0. The van der Waals surface area contributed by atoms with E-state index < -0.39 is 0 Å². The average molecular weight is 314 g/mol. The third kappa shape index (κ3) is 3.64. The fraction of sp³-hybridized carbons (Fsp3) is 0.353. The Kier molecular flexibility index (Phi) is 4.50. The Morgan fingerprint density at radius 2 is 2.26 bits per heavy atom. The van der Waals surface area contributed by atoms with Crippen molar-refractivity contribution >= 4 is 11.6 Å². The van der Waals surface area contributed by atoms with Gasteiger partial charge in [-0.3, -0.25) is 9.78 Å². The summed E-state index contributed by atoms with van der Waals surface area (Å²) in [5.41, 5.74) is 2.25. The second-order valence-corrected chi connectivity index (χ2v) is 5.78. The third-order valence-electron chi connectivity index (χ3n) is 4.05. The molecule has 120 valence electrons. The quantitative estimate of drug-likeness (QED) is 0.944. The van der Waals surface area contributed by atoms with Crippen molar-refractivity contribution in [3.05, 3.63) is 53.9 Å². The van der Waals surface area contributed by atoms with E-state index in [0.717, 1.165) is 30.6 Å². The number of carbonyl (C=O) groups excluding carboxylic acids is 1. The van der Waals surface area contributed by atoms with E-state index in [2.05, 4.69) is 20.2 Å². The molecule has 1 saturated heterocycles. The number of hydrogen-bond acceptors (Lipinski definition) is 4. The zero-order chi connectivity index (χ0) is 16.2. The molecule has 1 amide bonds. The van der Waals surface area contributed by atoms with Crippen LogP contribution in [0.25, 0.3) is 0 Å². The van der Waals surface area contributed by atoms with Crippen LogP contribution in [0.4, 0.5) is 10.1 Å². The van der Waals surface area contributed by atoms with E-state index in [-0.39, 0.29) is 17.8 Å². The number of aromatic nitrogens is 2. The molecule has 1 aromatic carbocycles. The summed E-state index contributed by atoms with van der Waals surface area (Å²) in [4.78, 5) is 22.3. The first-order valence-electron chi connectivity index (χ1n) is 7.71. The maximum Gasteiger partial charge on any atom is 0.271 e. The molecule has 0 saturated carbocycles. The summed E-state index contributed by atoms with van der Waals surface area (Å²) in [5, 5.41) is 3.01. The number of hydrogen-bond donors (Lipinski definition) is 1. The molecule has 1 atom stereocenters. The summed E-state index contributed by atoms with van der Waals surface area (Å²) in [6, 6.07) is 4.86. The van der Waals surface area contributed by atoms with Crippen LogP contribution >= 0.6 is 0 Å². The monoisotopic (exact) mass is 314 g/mol. The molecule has 1 aromatic heterocycles. The summed E-state index contributed by atoms with van der Waals surface area (Å²) < 4.78 is 13.3. The molecule has 23 heavy (non-hydrogen) atoms. The molecule has 0 bridgehead atoms. The fourth-order valence-corrected chi connectivity index (χ4v) is 2.96. The van der Waals surface area contributed by atoms with Crippen LogP contribution in [-0.4, -0.2) is 35.0 Å². The number of amides is 1. The Bertz CT molecular complexity index is 692. The van der Waals surface area contributed by atoms with Gasteiger partial charge in [-0.2, -0.15) is 0 Å². The van der Waals surface area contributed by atoms with Gasteiger partial charge < -0.3 is 10.2 Å². The molecule has 1 aliphatic heterocycles. The van der Waals surface area contributed by atoms with Crippen LogP contribution in [0, 0.1) is 12.7 Å². The zero-order valence-electron chi connectivity index (χ0n) is 13.0. The van der Waals surface area contributed by atoms with Crippen molar-refractivity contribution in [2.75, 3.05) is 18.0 Å². The van der Waals surface area contributed by atoms with Crippen LogP contribution in [0.5, 0.6) is 0 Å². The number of nitrogens with zero attached hydrogens (tertiary/aromatic N) is 3. The minimum absolute atomic E-state index is 0.0442. The molecule has 0 spiro atoms. The summed E-state index contributed by atoms with van der Waals surface area (Å²) >= 11 is 0. The highest BCUT2D eigenvalue weighted by Gasteiger charge is 2.23. The largest absolute Gasteiger partial charge is 0.369 e. The van der Waals surface area contributed by atoms with Gasteiger partial charge in [0.2, 0.25) is 0 Å². The normalized spacial score (nSPS) is 17.8. The van der Waals surface area contributed by atoms with E-state index in [4.69, 9.17) is 0 Å². The number of benzene rings is 1. The van der Waals surface area contributed by atoms with Crippen LogP contribution in [-0.2, 0) is 0 Å². The SMILES string of the molecule is Cc1cc(F)ccc1N1CCCC(NC(=O)c2cnccn2)C1. The second kappa shape index (κ2) is 6.73. The molecule has 1 fully saturated rings. The van der Waals surface area contributed by atoms with Crippen LogP contribution < -0.4 is 10.2 Å². The van der Waals surface area contributed by atoms with Crippen molar-refractivity contribution in [2.45, 2.75) is 25.8 Å². The Hall–Kier alpha value is -2.50. The molecule has 1 N–H and O–H groups in total. The van der Waals surface area contributed by atoms with E-state index in [0.29, 0.717) is 12.2 Å². The molecular formula is C17H19FN4O. The van der Waals surface area contributed by atoms with E-state index in [1.165, 1.54) is 30.7 Å². The highest BCUT2D eigenvalue weighted by Crippen LogP contribution is 2.24. The Morgan fingerprint density at radius 1 is 1.39 bits per heavy atom. The molecule has 6 heteroatoms. The minimum Gasteiger partial charge on any atom is -0.369 e. The van der Waals surface area contributed by atoms with E-state index >= 15 is 0 Å². The van der Waals surface area contributed by atoms with E-state index in [1.54, 1.807) is 6.07 Å². The number of rotatable bonds is 3. The Balaban J connectivity index is 1.67. The number of nitrogens with one attached hydrogen (secondary N) is 1. The van der Waals surface area contributed by atoms with Crippen molar-refractivity contribution < 1.29 is 9.18 Å². The molecule has 3 rings (SSSR count). The van der Waals surface area contributed by atoms with Crippen molar-refractivity contribution in [3.63, 3.8) is 0 Å². The summed E-state index contributed by atoms with van der Waals surface area (Å²) in [6.07, 6.45) is 6.39. The first-order valence-corrected chi connectivity index (χ1v) is 7.71. The average Bonchev–Trinajstić information content (AvgIpc) is 2.56. The van der Waals surface area contributed by atoms with Gasteiger partial charge in [-0.05, 0) is 43.5 Å². The summed E-state index contributed by atoms with van der Waals surface area (Å²) in [6.45, 7) is 3.52. The Labute approximate surface area is 134 Å². The van der Waals surface area contributed by atoms with Gasteiger partial charge in [0.05, 0.1) is 6.20 Å². The molecule has 0 aliphatic carbocycles. The number of halogens is 1. The van der Waals surface area contributed by atoms with Gasteiger partial charge >= 0.3 is 0 Å². The van der Waals surface area contributed by atoms with E-state index in [1.807, 2.05) is 6.92 Å². The topological polar surface area (TPSA) is 58.1 Å². The van der Waals surface area contributed by atoms with Crippen molar-refractivity contribution in [1.82, 2.24) is 15.3 Å². The van der Waals surface area contributed by atoms with Crippen LogP contribution in [0.1, 0.15) is 28.9 Å². The van der Waals surface area contributed by atoms with Crippen molar-refractivity contribution in [1.29, 1.82) is 0 Å². The number of anilines is 1. The van der Waals surface area contributed by atoms with Gasteiger partial charge in [0, 0.05) is 37.2 Å². The molecule has 1 aliphatic rings. The van der Waals surface area contributed by atoms with Crippen molar-refractivity contribution in [3.8, 4) is 0 Å². The first-order chi connectivity index (χ1) is 11.1. The van der Waals surface area contributed by atoms with Crippen LogP contribution in [0.3, 0.4) is 0 Å². The van der Waals surface area contributed by atoms with Crippen LogP contribution in [0.2, 0.25) is 0 Å². The molecule has 2 heterocycles. The Morgan fingerprint density at radius 3 is 3.00 bits per heavy atom. The van der Waals surface area contributed by atoms with E-state index in [9.17, 15) is 9.18 Å². The third-order valence-corrected chi connectivity index (χ3v) is 4.05. The van der Waals surface area contributed by atoms with Gasteiger partial charge in [-0.15, -0.1) is 0 Å². The number of piperidine rings is 1. The van der Waals surface area contributed by atoms with Gasteiger partial charge in [0.1, 0.15) is 11.5 Å². The maximum absolute atomic E-state index is 13.3. The smallest absolute Gasteiger partial charge is 0.271 e. The zero-order valence-corrected chi connectivity index (χ0v) is 13.0. The highest BCUT2D eigenvalue weighted by atomic mass is 19.1. The lowest BCUT2D eigenvalue weighted by Gasteiger charge is -2.35. The van der Waals surface area contributed by atoms with Gasteiger partial charge in [-0.25, -0.2) is 9.37 Å². The molecule has 1 unspecified atom stereocenters. The van der Waals surface area contributed by atoms with Gasteiger partial charge in [0.25, 0.3) is 5.91 Å². The number of carbonyl (C=O) groups is 1. The maximum atomic E-state index is 13.3. The lowest BCUT2D eigenvalue weighted by Crippen LogP contribution is -2.48. The first kappa shape index (κ1) is 15.4. The second-order valence-electron chi connectivity index (χ2n) is 5.78. The standard InChI is InChI=1S/C17H19FN4O/c1-12-9-13(18)4-5-16(12)22-8-2-3-14(11-22)21-17(23)15-10-19-6-7-20-15/h4-7,9-10,14H,2-3,8,11H2,1H3,(H,21,23). The summed E-state index contributed by atoms with van der Waals surface area (Å²) in [7, 11) is 0. The lowest BCUT2D eigenvalue weighted by molar-refractivity contribution is 0.0927. The molecule has 5 nitrogen and oxygen atoms in total. The summed E-state index contributed by atoms with van der Waals surface area (Å²) in [5.74, 6) is -0.434. The fourth-order valence-electron chi connectivity index (χ4n) is 2.96. The number of aryl methyl sites for hydroxylation is 1. The predicted octanol–water partition coefficient (Wildman–Crippen LogP) is 2.32. The van der Waals surface area contributed by atoms with Gasteiger partial charge in [0.15, 0.2) is 0 Å². The minimum atomic E-state index is -0.226. The van der Waals surface area contributed by atoms with Crippen LogP contribution in [0.15, 0.2) is 36.8 Å².